The van der Waals surface area contributed by atoms with Crippen molar-refractivity contribution >= 4 is 17.4 Å². The van der Waals surface area contributed by atoms with E-state index in [9.17, 15) is 4.39 Å². The van der Waals surface area contributed by atoms with Crippen LogP contribution in [0, 0.1) is 5.82 Å². The van der Waals surface area contributed by atoms with E-state index in [1.165, 1.54) is 44.6 Å². The SMILES string of the molecule is Fc1cc(Cl)cnc1N1CCC(N2CCCCC2)C1. The first kappa shape index (κ1) is 13.1. The zero-order chi connectivity index (χ0) is 13.2. The number of likely N-dealkylation sites (tertiary alicyclic amines) is 1. The van der Waals surface area contributed by atoms with Gasteiger partial charge in [0.05, 0.1) is 5.02 Å². The number of pyridine rings is 1. The van der Waals surface area contributed by atoms with Crippen molar-refractivity contribution in [2.24, 2.45) is 0 Å². The Bertz CT molecular complexity index is 448. The minimum Gasteiger partial charge on any atom is -0.353 e. The predicted molar refractivity (Wildman–Crippen MR) is 75.2 cm³/mol. The minimum absolute atomic E-state index is 0.313. The molecule has 2 saturated heterocycles. The summed E-state index contributed by atoms with van der Waals surface area (Å²) in [6, 6.07) is 1.90. The van der Waals surface area contributed by atoms with Crippen LogP contribution < -0.4 is 4.90 Å². The second kappa shape index (κ2) is 5.63. The number of hydrogen-bond acceptors (Lipinski definition) is 3. The topological polar surface area (TPSA) is 19.4 Å². The van der Waals surface area contributed by atoms with E-state index in [-0.39, 0.29) is 5.82 Å². The summed E-state index contributed by atoms with van der Waals surface area (Å²) in [4.78, 5) is 8.74. The van der Waals surface area contributed by atoms with Crippen LogP contribution in [0.25, 0.3) is 0 Å². The summed E-state index contributed by atoms with van der Waals surface area (Å²) >= 11 is 5.74. The minimum atomic E-state index is -0.313. The number of anilines is 1. The summed E-state index contributed by atoms with van der Waals surface area (Å²) in [5.74, 6) is 0.135. The van der Waals surface area contributed by atoms with Gasteiger partial charge in [-0.1, -0.05) is 18.0 Å². The zero-order valence-corrected chi connectivity index (χ0v) is 11.7. The molecular weight excluding hydrogens is 265 g/mol. The van der Waals surface area contributed by atoms with Crippen molar-refractivity contribution in [3.8, 4) is 0 Å². The van der Waals surface area contributed by atoms with Crippen LogP contribution in [0.5, 0.6) is 0 Å². The summed E-state index contributed by atoms with van der Waals surface area (Å²) in [7, 11) is 0. The second-order valence-electron chi connectivity index (χ2n) is 5.44. The number of hydrogen-bond donors (Lipinski definition) is 0. The fraction of sp³-hybridized carbons (Fsp3) is 0.643. The number of aromatic nitrogens is 1. The maximum Gasteiger partial charge on any atom is 0.167 e. The molecule has 3 rings (SSSR count). The molecular formula is C14H19ClFN3. The summed E-state index contributed by atoms with van der Waals surface area (Å²) in [6.07, 6.45) is 6.56. The van der Waals surface area contributed by atoms with E-state index in [4.69, 9.17) is 11.6 Å². The van der Waals surface area contributed by atoms with E-state index < -0.39 is 0 Å². The molecule has 3 nitrogen and oxygen atoms in total. The van der Waals surface area contributed by atoms with Crippen LogP contribution >= 0.6 is 11.6 Å². The standard InChI is InChI=1S/C14H19ClFN3/c15-11-8-13(16)14(17-9-11)19-7-4-12(10-19)18-5-2-1-3-6-18/h8-9,12H,1-7,10H2. The highest BCUT2D eigenvalue weighted by molar-refractivity contribution is 6.30. The maximum atomic E-state index is 13.9. The Morgan fingerprint density at radius 1 is 1.21 bits per heavy atom. The van der Waals surface area contributed by atoms with Gasteiger partial charge in [-0.3, -0.25) is 4.90 Å². The molecule has 5 heteroatoms. The van der Waals surface area contributed by atoms with Crippen molar-refractivity contribution in [1.29, 1.82) is 0 Å². The van der Waals surface area contributed by atoms with Gasteiger partial charge < -0.3 is 4.90 Å². The monoisotopic (exact) mass is 283 g/mol. The third-order valence-electron chi connectivity index (χ3n) is 4.16. The van der Waals surface area contributed by atoms with Crippen molar-refractivity contribution in [3.05, 3.63) is 23.1 Å². The van der Waals surface area contributed by atoms with E-state index in [0.717, 1.165) is 19.5 Å². The molecule has 1 aromatic rings. The van der Waals surface area contributed by atoms with Gasteiger partial charge in [0.1, 0.15) is 0 Å². The van der Waals surface area contributed by atoms with Crippen LogP contribution in [-0.2, 0) is 0 Å². The molecule has 1 atom stereocenters. The fourth-order valence-corrected chi connectivity index (χ4v) is 3.30. The molecule has 2 aliphatic rings. The lowest BCUT2D eigenvalue weighted by Gasteiger charge is -2.32. The third kappa shape index (κ3) is 2.84. The Morgan fingerprint density at radius 2 is 2.00 bits per heavy atom. The van der Waals surface area contributed by atoms with Gasteiger partial charge in [-0.15, -0.1) is 0 Å². The average molecular weight is 284 g/mol. The highest BCUT2D eigenvalue weighted by Crippen LogP contribution is 2.26. The normalized spacial score (nSPS) is 24.9. The van der Waals surface area contributed by atoms with E-state index >= 15 is 0 Å². The quantitative estimate of drug-likeness (QED) is 0.832. The molecule has 0 saturated carbocycles. The Labute approximate surface area is 118 Å². The number of nitrogens with zero attached hydrogens (tertiary/aromatic N) is 3. The van der Waals surface area contributed by atoms with Crippen LogP contribution in [0.2, 0.25) is 5.02 Å². The zero-order valence-electron chi connectivity index (χ0n) is 11.0. The molecule has 0 radical (unpaired) electrons. The molecule has 1 aromatic heterocycles. The summed E-state index contributed by atoms with van der Waals surface area (Å²) in [5, 5.41) is 0.355. The largest absolute Gasteiger partial charge is 0.353 e. The molecule has 2 fully saturated rings. The molecule has 19 heavy (non-hydrogen) atoms. The van der Waals surface area contributed by atoms with Crippen LogP contribution in [0.15, 0.2) is 12.3 Å². The molecule has 104 valence electrons. The Kier molecular flexibility index (Phi) is 3.89. The molecule has 0 bridgehead atoms. The summed E-state index contributed by atoms with van der Waals surface area (Å²) < 4.78 is 13.9. The van der Waals surface area contributed by atoms with Gasteiger partial charge in [0.2, 0.25) is 0 Å². The van der Waals surface area contributed by atoms with Gasteiger partial charge in [-0.2, -0.15) is 0 Å². The summed E-state index contributed by atoms with van der Waals surface area (Å²) in [6.45, 7) is 4.14. The van der Waals surface area contributed by atoms with Gasteiger partial charge in [0, 0.05) is 25.3 Å². The fourth-order valence-electron chi connectivity index (χ4n) is 3.16. The highest BCUT2D eigenvalue weighted by atomic mass is 35.5. The first-order chi connectivity index (χ1) is 9.24. The highest BCUT2D eigenvalue weighted by Gasteiger charge is 2.30. The Hall–Kier alpha value is -0.870. The second-order valence-corrected chi connectivity index (χ2v) is 5.88. The average Bonchev–Trinajstić information content (AvgIpc) is 2.89. The van der Waals surface area contributed by atoms with Crippen molar-refractivity contribution in [1.82, 2.24) is 9.88 Å². The lowest BCUT2D eigenvalue weighted by atomic mass is 10.1. The first-order valence-electron chi connectivity index (χ1n) is 7.04. The molecule has 2 aliphatic heterocycles. The smallest absolute Gasteiger partial charge is 0.167 e. The van der Waals surface area contributed by atoms with Gasteiger partial charge in [0.25, 0.3) is 0 Å². The van der Waals surface area contributed by atoms with E-state index in [2.05, 4.69) is 9.88 Å². The van der Waals surface area contributed by atoms with E-state index in [1.54, 1.807) is 0 Å². The lowest BCUT2D eigenvalue weighted by molar-refractivity contribution is 0.174. The lowest BCUT2D eigenvalue weighted by Crippen LogP contribution is -2.41. The molecule has 3 heterocycles. The number of rotatable bonds is 2. The molecule has 0 N–H and O–H groups in total. The Morgan fingerprint density at radius 3 is 2.74 bits per heavy atom. The van der Waals surface area contributed by atoms with Crippen molar-refractivity contribution in [2.75, 3.05) is 31.1 Å². The van der Waals surface area contributed by atoms with Gasteiger partial charge in [-0.25, -0.2) is 9.37 Å². The van der Waals surface area contributed by atoms with Crippen LogP contribution in [0.3, 0.4) is 0 Å². The van der Waals surface area contributed by atoms with E-state index in [1.807, 2.05) is 4.90 Å². The van der Waals surface area contributed by atoms with Crippen molar-refractivity contribution in [2.45, 2.75) is 31.7 Å². The maximum absolute atomic E-state index is 13.9. The molecule has 0 aliphatic carbocycles. The van der Waals surface area contributed by atoms with E-state index in [0.29, 0.717) is 16.9 Å². The Balaban J connectivity index is 1.67. The van der Waals surface area contributed by atoms with Crippen molar-refractivity contribution in [3.63, 3.8) is 0 Å². The molecule has 0 spiro atoms. The number of piperidine rings is 1. The molecule has 0 amide bonds. The predicted octanol–water partition coefficient (Wildman–Crippen LogP) is 2.94. The van der Waals surface area contributed by atoms with Crippen LogP contribution in [-0.4, -0.2) is 42.1 Å². The summed E-state index contributed by atoms with van der Waals surface area (Å²) in [5.41, 5.74) is 0. The van der Waals surface area contributed by atoms with Crippen LogP contribution in [0.1, 0.15) is 25.7 Å². The van der Waals surface area contributed by atoms with Crippen LogP contribution in [0.4, 0.5) is 10.2 Å². The van der Waals surface area contributed by atoms with Crippen molar-refractivity contribution < 1.29 is 4.39 Å². The van der Waals surface area contributed by atoms with Gasteiger partial charge in [-0.05, 0) is 38.4 Å². The molecule has 1 unspecified atom stereocenters. The van der Waals surface area contributed by atoms with Gasteiger partial charge >= 0.3 is 0 Å². The number of halogens is 2. The first-order valence-corrected chi connectivity index (χ1v) is 7.42. The molecule has 0 aromatic carbocycles. The third-order valence-corrected chi connectivity index (χ3v) is 4.37. The van der Waals surface area contributed by atoms with Gasteiger partial charge in [0.15, 0.2) is 11.6 Å².